The minimum Gasteiger partial charge on any atom is -0.396 e. The molecule has 0 aromatic rings. The largest absolute Gasteiger partial charge is 0.396 e. The van der Waals surface area contributed by atoms with Crippen LogP contribution in [0.3, 0.4) is 0 Å². The lowest BCUT2D eigenvalue weighted by Gasteiger charge is -2.21. The molecule has 0 spiro atoms. The molecule has 2 nitrogen and oxygen atoms in total. The molecule has 0 radical (unpaired) electrons. The van der Waals surface area contributed by atoms with Crippen LogP contribution in [-0.4, -0.2) is 24.4 Å². The van der Waals surface area contributed by atoms with Crippen molar-refractivity contribution in [2.75, 3.05) is 13.7 Å². The van der Waals surface area contributed by atoms with Gasteiger partial charge in [-0.25, -0.2) is 0 Å². The molecule has 0 amide bonds. The molecule has 0 saturated heterocycles. The Bertz CT molecular complexity index is 69.3. The van der Waals surface area contributed by atoms with E-state index in [1.54, 1.807) is 7.11 Å². The molecular formula is C7H16O2. The Morgan fingerprint density at radius 1 is 1.44 bits per heavy atom. The third-order valence-corrected chi connectivity index (χ3v) is 1.49. The number of ether oxygens (including phenoxy) is 1. The lowest BCUT2D eigenvalue weighted by atomic mass is 10.0. The van der Waals surface area contributed by atoms with Crippen molar-refractivity contribution in [3.63, 3.8) is 0 Å². The Morgan fingerprint density at radius 2 is 2.00 bits per heavy atom. The maximum atomic E-state index is 8.47. The summed E-state index contributed by atoms with van der Waals surface area (Å²) in [4.78, 5) is 0. The smallest absolute Gasteiger partial charge is 0.0623 e. The average Bonchev–Trinajstić information content (AvgIpc) is 1.84. The fraction of sp³-hybridized carbons (Fsp3) is 1.00. The Morgan fingerprint density at radius 3 is 2.33 bits per heavy atom. The quantitative estimate of drug-likeness (QED) is 0.622. The molecule has 0 atom stereocenters. The maximum Gasteiger partial charge on any atom is 0.0623 e. The second kappa shape index (κ2) is 3.85. The van der Waals surface area contributed by atoms with E-state index in [0.717, 1.165) is 12.8 Å². The van der Waals surface area contributed by atoms with Gasteiger partial charge in [0.25, 0.3) is 0 Å². The molecule has 0 aliphatic heterocycles. The summed E-state index contributed by atoms with van der Waals surface area (Å²) in [5, 5.41) is 8.47. The van der Waals surface area contributed by atoms with Crippen molar-refractivity contribution < 1.29 is 9.84 Å². The molecule has 2 heteroatoms. The van der Waals surface area contributed by atoms with Gasteiger partial charge in [0.15, 0.2) is 0 Å². The lowest BCUT2D eigenvalue weighted by molar-refractivity contribution is 0.0105. The molecule has 0 rings (SSSR count). The first kappa shape index (κ1) is 8.92. The van der Waals surface area contributed by atoms with Gasteiger partial charge >= 0.3 is 0 Å². The van der Waals surface area contributed by atoms with Crippen LogP contribution in [0.1, 0.15) is 26.7 Å². The fourth-order valence-electron chi connectivity index (χ4n) is 0.607. The summed E-state index contributed by atoms with van der Waals surface area (Å²) in [6.07, 6.45) is 1.74. The molecule has 0 aromatic heterocycles. The van der Waals surface area contributed by atoms with E-state index >= 15 is 0 Å². The first-order valence-electron chi connectivity index (χ1n) is 3.28. The summed E-state index contributed by atoms with van der Waals surface area (Å²) in [6.45, 7) is 4.29. The molecule has 0 bridgehead atoms. The van der Waals surface area contributed by atoms with Crippen LogP contribution in [0.15, 0.2) is 0 Å². The molecule has 1 N–H and O–H groups in total. The summed E-state index contributed by atoms with van der Waals surface area (Å²) in [5.74, 6) is 0. The summed E-state index contributed by atoms with van der Waals surface area (Å²) in [6, 6.07) is 0. The van der Waals surface area contributed by atoms with Gasteiger partial charge in [-0.05, 0) is 26.7 Å². The number of aliphatic hydroxyl groups excluding tert-OH is 1. The van der Waals surface area contributed by atoms with Gasteiger partial charge in [-0.1, -0.05) is 0 Å². The first-order valence-corrected chi connectivity index (χ1v) is 3.28. The minimum atomic E-state index is -0.0667. The first-order chi connectivity index (χ1) is 4.12. The molecular weight excluding hydrogens is 116 g/mol. The molecule has 0 aromatic carbocycles. The van der Waals surface area contributed by atoms with Crippen LogP contribution in [-0.2, 0) is 4.74 Å². The number of hydrogen-bond acceptors (Lipinski definition) is 2. The summed E-state index contributed by atoms with van der Waals surface area (Å²) < 4.78 is 5.13. The van der Waals surface area contributed by atoms with E-state index in [2.05, 4.69) is 0 Å². The zero-order chi connectivity index (χ0) is 7.33. The average molecular weight is 132 g/mol. The van der Waals surface area contributed by atoms with E-state index < -0.39 is 0 Å². The van der Waals surface area contributed by atoms with Crippen molar-refractivity contribution in [3.8, 4) is 0 Å². The van der Waals surface area contributed by atoms with Gasteiger partial charge in [0.1, 0.15) is 0 Å². The number of methoxy groups -OCH3 is 1. The van der Waals surface area contributed by atoms with Crippen molar-refractivity contribution >= 4 is 0 Å². The van der Waals surface area contributed by atoms with Crippen molar-refractivity contribution in [2.24, 2.45) is 0 Å². The highest BCUT2D eigenvalue weighted by molar-refractivity contribution is 4.66. The fourth-order valence-corrected chi connectivity index (χ4v) is 0.607. The molecule has 56 valence electrons. The zero-order valence-corrected chi connectivity index (χ0v) is 6.48. The minimum absolute atomic E-state index is 0.0667. The highest BCUT2D eigenvalue weighted by Gasteiger charge is 2.14. The predicted molar refractivity (Wildman–Crippen MR) is 37.4 cm³/mol. The molecule has 0 saturated carbocycles. The van der Waals surface area contributed by atoms with Crippen molar-refractivity contribution in [1.29, 1.82) is 0 Å². The highest BCUT2D eigenvalue weighted by Crippen LogP contribution is 2.14. The van der Waals surface area contributed by atoms with E-state index in [4.69, 9.17) is 9.84 Å². The second-order valence-corrected chi connectivity index (χ2v) is 2.79. The van der Waals surface area contributed by atoms with Crippen molar-refractivity contribution in [2.45, 2.75) is 32.3 Å². The van der Waals surface area contributed by atoms with Crippen LogP contribution >= 0.6 is 0 Å². The number of rotatable bonds is 4. The molecule has 0 aliphatic carbocycles. The molecule has 9 heavy (non-hydrogen) atoms. The van der Waals surface area contributed by atoms with Crippen LogP contribution in [0.5, 0.6) is 0 Å². The maximum absolute atomic E-state index is 8.47. The topological polar surface area (TPSA) is 29.5 Å². The van der Waals surface area contributed by atoms with Crippen molar-refractivity contribution in [3.05, 3.63) is 0 Å². The Balaban J connectivity index is 3.33. The number of hydrogen-bond donors (Lipinski definition) is 1. The van der Waals surface area contributed by atoms with Gasteiger partial charge in [0.2, 0.25) is 0 Å². The standard InChI is InChI=1S/C7H16O2/c1-7(2,9-3)5-4-6-8/h8H,4-6H2,1-3H3. The van der Waals surface area contributed by atoms with Gasteiger partial charge in [-0.3, -0.25) is 0 Å². The molecule has 0 heterocycles. The molecule has 0 fully saturated rings. The molecule has 0 aliphatic rings. The summed E-state index contributed by atoms with van der Waals surface area (Å²) >= 11 is 0. The SMILES string of the molecule is COC(C)(C)CCCO. The van der Waals surface area contributed by atoms with Crippen molar-refractivity contribution in [1.82, 2.24) is 0 Å². The molecule has 0 unspecified atom stereocenters. The third-order valence-electron chi connectivity index (χ3n) is 1.49. The Kier molecular flexibility index (Phi) is 3.82. The van der Waals surface area contributed by atoms with Gasteiger partial charge in [-0.15, -0.1) is 0 Å². The summed E-state index contributed by atoms with van der Waals surface area (Å²) in [7, 11) is 1.69. The Hall–Kier alpha value is -0.0800. The van der Waals surface area contributed by atoms with Crippen LogP contribution in [0.25, 0.3) is 0 Å². The van der Waals surface area contributed by atoms with E-state index in [-0.39, 0.29) is 12.2 Å². The van der Waals surface area contributed by atoms with Gasteiger partial charge in [-0.2, -0.15) is 0 Å². The normalized spacial score (nSPS) is 12.0. The van der Waals surface area contributed by atoms with Gasteiger partial charge < -0.3 is 9.84 Å². The predicted octanol–water partition coefficient (Wildman–Crippen LogP) is 1.18. The summed E-state index contributed by atoms with van der Waals surface area (Å²) in [5.41, 5.74) is -0.0667. The lowest BCUT2D eigenvalue weighted by Crippen LogP contribution is -2.22. The zero-order valence-electron chi connectivity index (χ0n) is 6.48. The van der Waals surface area contributed by atoms with Gasteiger partial charge in [0.05, 0.1) is 5.60 Å². The Labute approximate surface area is 56.8 Å². The highest BCUT2D eigenvalue weighted by atomic mass is 16.5. The van der Waals surface area contributed by atoms with Crippen LogP contribution in [0.4, 0.5) is 0 Å². The van der Waals surface area contributed by atoms with E-state index in [1.165, 1.54) is 0 Å². The van der Waals surface area contributed by atoms with Gasteiger partial charge in [0, 0.05) is 13.7 Å². The van der Waals surface area contributed by atoms with E-state index in [0.29, 0.717) is 0 Å². The van der Waals surface area contributed by atoms with Crippen LogP contribution < -0.4 is 0 Å². The van der Waals surface area contributed by atoms with E-state index in [9.17, 15) is 0 Å². The monoisotopic (exact) mass is 132 g/mol. The third kappa shape index (κ3) is 4.43. The van der Waals surface area contributed by atoms with Crippen LogP contribution in [0.2, 0.25) is 0 Å². The van der Waals surface area contributed by atoms with Crippen LogP contribution in [0, 0.1) is 0 Å². The second-order valence-electron chi connectivity index (χ2n) is 2.79. The van der Waals surface area contributed by atoms with E-state index in [1.807, 2.05) is 13.8 Å². The number of aliphatic hydroxyl groups is 1.